The molecule has 0 saturated carbocycles. The minimum atomic E-state index is 0.0935. The van der Waals surface area contributed by atoms with Crippen LogP contribution >= 0.6 is 11.3 Å². The number of carbonyl (C=O) groups is 1. The van der Waals surface area contributed by atoms with Gasteiger partial charge >= 0.3 is 0 Å². The van der Waals surface area contributed by atoms with E-state index in [1.54, 1.807) is 6.08 Å². The van der Waals surface area contributed by atoms with E-state index in [2.05, 4.69) is 36.0 Å². The van der Waals surface area contributed by atoms with Gasteiger partial charge in [-0.25, -0.2) is 4.57 Å². The van der Waals surface area contributed by atoms with Crippen LogP contribution in [-0.4, -0.2) is 5.78 Å². The second kappa shape index (κ2) is 11.8. The molecule has 0 N–H and O–H groups in total. The van der Waals surface area contributed by atoms with Crippen LogP contribution in [0.15, 0.2) is 42.0 Å². The summed E-state index contributed by atoms with van der Waals surface area (Å²) in [5.74, 6) is 0.0935. The maximum absolute atomic E-state index is 12.2. The van der Waals surface area contributed by atoms with Gasteiger partial charge in [-0.1, -0.05) is 45.4 Å². The third-order valence-corrected chi connectivity index (χ3v) is 5.70. The molecular weight excluding hydrogens is 338 g/mol. The van der Waals surface area contributed by atoms with Crippen molar-refractivity contribution in [2.45, 2.75) is 71.8 Å². The van der Waals surface area contributed by atoms with Crippen LogP contribution in [0.2, 0.25) is 0 Å². The number of nitrogens with zero attached hydrogens (tertiary/aromatic N) is 1. The van der Waals surface area contributed by atoms with Gasteiger partial charge in [0.2, 0.25) is 0 Å². The van der Waals surface area contributed by atoms with Crippen LogP contribution in [0.25, 0.3) is 6.08 Å². The normalized spacial score (nSPS) is 11.3. The fourth-order valence-corrected chi connectivity index (χ4v) is 3.93. The van der Waals surface area contributed by atoms with E-state index in [-0.39, 0.29) is 5.78 Å². The lowest BCUT2D eigenvalue weighted by Crippen LogP contribution is -2.32. The highest BCUT2D eigenvalue weighted by Gasteiger charge is 2.07. The summed E-state index contributed by atoms with van der Waals surface area (Å²) < 4.78 is 2.23. The number of aryl methyl sites for hydroxylation is 2. The Balaban J connectivity index is 1.74. The Kier molecular flexibility index (Phi) is 9.33. The lowest BCUT2D eigenvalue weighted by atomic mass is 10.1. The average Bonchev–Trinajstić information content (AvgIpc) is 3.08. The van der Waals surface area contributed by atoms with Crippen molar-refractivity contribution in [1.82, 2.24) is 0 Å². The monoisotopic (exact) mass is 370 g/mol. The fourth-order valence-electron chi connectivity index (χ4n) is 3.08. The standard InChI is InChI=1S/C23H32NOS/c1-3-4-5-6-7-8-9-10-16-24-17-11-12-21(19-24)13-14-22(25)23-20(2)15-18-26-23/h11-15,17-19H,3-10,16H2,1-2H3/q+1/b14-13+. The molecule has 0 amide bonds. The Morgan fingerprint density at radius 3 is 2.50 bits per heavy atom. The molecular formula is C23H32NOS+. The van der Waals surface area contributed by atoms with Gasteiger partial charge in [0.05, 0.1) is 4.88 Å². The molecule has 140 valence electrons. The maximum Gasteiger partial charge on any atom is 0.196 e. The molecule has 2 nitrogen and oxygen atoms in total. The highest BCUT2D eigenvalue weighted by atomic mass is 32.1. The first-order valence-electron chi connectivity index (χ1n) is 9.96. The minimum absolute atomic E-state index is 0.0935. The Labute approximate surface area is 162 Å². The van der Waals surface area contributed by atoms with Crippen molar-refractivity contribution in [2.24, 2.45) is 0 Å². The minimum Gasteiger partial charge on any atom is -0.288 e. The molecule has 0 aliphatic heterocycles. The van der Waals surface area contributed by atoms with Gasteiger partial charge in [0, 0.05) is 18.1 Å². The predicted octanol–water partition coefficient (Wildman–Crippen LogP) is 6.38. The van der Waals surface area contributed by atoms with E-state index in [0.717, 1.165) is 22.5 Å². The number of ketones is 1. The Morgan fingerprint density at radius 2 is 1.81 bits per heavy atom. The zero-order valence-electron chi connectivity index (χ0n) is 16.2. The Morgan fingerprint density at radius 1 is 1.08 bits per heavy atom. The number of rotatable bonds is 12. The van der Waals surface area contributed by atoms with Crippen LogP contribution < -0.4 is 4.57 Å². The molecule has 2 heterocycles. The van der Waals surface area contributed by atoms with E-state index in [1.165, 1.54) is 62.7 Å². The molecule has 0 radical (unpaired) electrons. The van der Waals surface area contributed by atoms with Crippen LogP contribution in [-0.2, 0) is 6.54 Å². The van der Waals surface area contributed by atoms with Gasteiger partial charge in [-0.05, 0) is 48.6 Å². The summed E-state index contributed by atoms with van der Waals surface area (Å²) in [5, 5.41) is 1.97. The summed E-state index contributed by atoms with van der Waals surface area (Å²) in [6, 6.07) is 6.10. The van der Waals surface area contributed by atoms with E-state index >= 15 is 0 Å². The molecule has 2 aromatic rings. The van der Waals surface area contributed by atoms with Gasteiger partial charge in [0.15, 0.2) is 18.2 Å². The number of hydrogen-bond acceptors (Lipinski definition) is 2. The molecule has 0 unspecified atom stereocenters. The average molecular weight is 371 g/mol. The van der Waals surface area contributed by atoms with Gasteiger partial charge in [-0.2, -0.15) is 0 Å². The molecule has 2 aromatic heterocycles. The van der Waals surface area contributed by atoms with Crippen molar-refractivity contribution in [3.05, 3.63) is 58.1 Å². The van der Waals surface area contributed by atoms with Crippen molar-refractivity contribution in [2.75, 3.05) is 0 Å². The number of pyridine rings is 1. The molecule has 0 aliphatic rings. The molecule has 0 aromatic carbocycles. The topological polar surface area (TPSA) is 20.9 Å². The second-order valence-electron chi connectivity index (χ2n) is 6.98. The van der Waals surface area contributed by atoms with Crippen LogP contribution in [0, 0.1) is 6.92 Å². The number of unbranched alkanes of at least 4 members (excludes halogenated alkanes) is 7. The lowest BCUT2D eigenvalue weighted by molar-refractivity contribution is -0.697. The van der Waals surface area contributed by atoms with E-state index < -0.39 is 0 Å². The highest BCUT2D eigenvalue weighted by Crippen LogP contribution is 2.17. The zero-order chi connectivity index (χ0) is 18.6. The Hall–Kier alpha value is -1.74. The molecule has 26 heavy (non-hydrogen) atoms. The summed E-state index contributed by atoms with van der Waals surface area (Å²) in [7, 11) is 0. The first-order valence-corrected chi connectivity index (χ1v) is 10.8. The molecule has 0 saturated heterocycles. The largest absolute Gasteiger partial charge is 0.288 e. The number of allylic oxidation sites excluding steroid dienone is 1. The first kappa shape index (κ1) is 20.6. The number of aromatic nitrogens is 1. The summed E-state index contributed by atoms with van der Waals surface area (Å²) >= 11 is 1.51. The van der Waals surface area contributed by atoms with Crippen molar-refractivity contribution in [3.63, 3.8) is 0 Å². The fraction of sp³-hybridized carbons (Fsp3) is 0.478. The summed E-state index contributed by atoms with van der Waals surface area (Å²) in [6.45, 7) is 5.30. The van der Waals surface area contributed by atoms with E-state index in [1.807, 2.05) is 24.4 Å². The van der Waals surface area contributed by atoms with Crippen molar-refractivity contribution < 1.29 is 9.36 Å². The Bertz CT molecular complexity index is 702. The SMILES string of the molecule is CCCCCCCCCC[n+]1cccc(/C=C/C(=O)c2sccc2C)c1. The zero-order valence-corrected chi connectivity index (χ0v) is 17.1. The van der Waals surface area contributed by atoms with E-state index in [0.29, 0.717) is 0 Å². The number of hydrogen-bond donors (Lipinski definition) is 0. The van der Waals surface area contributed by atoms with Gasteiger partial charge in [0.1, 0.15) is 6.54 Å². The van der Waals surface area contributed by atoms with Crippen LogP contribution in [0.5, 0.6) is 0 Å². The quantitative estimate of drug-likeness (QED) is 0.184. The summed E-state index contributed by atoms with van der Waals surface area (Å²) in [6.07, 6.45) is 18.6. The molecule has 3 heteroatoms. The molecule has 0 aliphatic carbocycles. The van der Waals surface area contributed by atoms with E-state index in [4.69, 9.17) is 0 Å². The molecule has 0 atom stereocenters. The van der Waals surface area contributed by atoms with E-state index in [9.17, 15) is 4.79 Å². The summed E-state index contributed by atoms with van der Waals surface area (Å²) in [4.78, 5) is 13.1. The van der Waals surface area contributed by atoms with Crippen molar-refractivity contribution in [1.29, 1.82) is 0 Å². The van der Waals surface area contributed by atoms with Gasteiger partial charge < -0.3 is 0 Å². The maximum atomic E-state index is 12.2. The smallest absolute Gasteiger partial charge is 0.196 e. The summed E-state index contributed by atoms with van der Waals surface area (Å²) in [5.41, 5.74) is 2.14. The number of thiophene rings is 1. The predicted molar refractivity (Wildman–Crippen MR) is 112 cm³/mol. The van der Waals surface area contributed by atoms with Crippen LogP contribution in [0.4, 0.5) is 0 Å². The number of carbonyl (C=O) groups excluding carboxylic acids is 1. The van der Waals surface area contributed by atoms with Gasteiger partial charge in [-0.15, -0.1) is 11.3 Å². The molecule has 2 rings (SSSR count). The third-order valence-electron chi connectivity index (χ3n) is 4.66. The van der Waals surface area contributed by atoms with Gasteiger partial charge in [-0.3, -0.25) is 4.79 Å². The van der Waals surface area contributed by atoms with Crippen LogP contribution in [0.1, 0.15) is 79.1 Å². The highest BCUT2D eigenvalue weighted by molar-refractivity contribution is 7.12. The van der Waals surface area contributed by atoms with Crippen LogP contribution in [0.3, 0.4) is 0 Å². The molecule has 0 spiro atoms. The third kappa shape index (κ3) is 7.25. The first-order chi connectivity index (χ1) is 12.7. The van der Waals surface area contributed by atoms with Crippen molar-refractivity contribution >= 4 is 23.2 Å². The van der Waals surface area contributed by atoms with Crippen molar-refractivity contribution in [3.8, 4) is 0 Å². The lowest BCUT2D eigenvalue weighted by Gasteiger charge is -2.01. The second-order valence-corrected chi connectivity index (χ2v) is 7.90. The van der Waals surface area contributed by atoms with Gasteiger partial charge in [0.25, 0.3) is 0 Å². The molecule has 0 fully saturated rings. The molecule has 0 bridgehead atoms.